The van der Waals surface area contributed by atoms with Crippen molar-refractivity contribution < 1.29 is 17.6 Å². The molecule has 1 aliphatic rings. The molecule has 1 aromatic heterocycles. The maximum Gasteiger partial charge on any atom is 0.324 e. The number of halogens is 2. The van der Waals surface area contributed by atoms with Crippen molar-refractivity contribution in [3.05, 3.63) is 100 Å². The molecule has 1 aliphatic heterocycles. The molecule has 0 saturated carbocycles. The summed E-state index contributed by atoms with van der Waals surface area (Å²) in [7, 11) is -3.75. The molecule has 1 saturated heterocycles. The maximum atomic E-state index is 13.5. The number of piperidine rings is 1. The summed E-state index contributed by atoms with van der Waals surface area (Å²) < 4.78 is 42.8. The van der Waals surface area contributed by atoms with Crippen LogP contribution in [0.2, 0.25) is 5.02 Å². The van der Waals surface area contributed by atoms with E-state index in [1.807, 2.05) is 61.5 Å². The van der Waals surface area contributed by atoms with E-state index in [2.05, 4.69) is 31.4 Å². The molecule has 0 unspecified atom stereocenters. The van der Waals surface area contributed by atoms with Crippen molar-refractivity contribution in [2.75, 3.05) is 23.7 Å². The first-order valence-corrected chi connectivity index (χ1v) is 16.4. The smallest absolute Gasteiger partial charge is 0.308 e. The number of carbonyl (C=O) groups is 1. The van der Waals surface area contributed by atoms with Gasteiger partial charge in [0.1, 0.15) is 11.6 Å². The molecule has 8 nitrogen and oxygen atoms in total. The minimum atomic E-state index is -3.75. The van der Waals surface area contributed by atoms with Crippen molar-refractivity contribution in [1.82, 2.24) is 14.1 Å². The van der Waals surface area contributed by atoms with Crippen LogP contribution in [0.3, 0.4) is 0 Å². The molecular weight excluding hydrogens is 601 g/mol. The van der Waals surface area contributed by atoms with Gasteiger partial charge in [0.05, 0.1) is 21.3 Å². The number of aryl methyl sites for hydroxylation is 1. The van der Waals surface area contributed by atoms with Crippen molar-refractivity contribution >= 4 is 39.2 Å². The lowest BCUT2D eigenvalue weighted by Crippen LogP contribution is -2.38. The molecule has 0 radical (unpaired) electrons. The van der Waals surface area contributed by atoms with Gasteiger partial charge in [0, 0.05) is 30.3 Å². The number of aromatic nitrogens is 2. The molecule has 2 N–H and O–H groups in total. The number of rotatable bonds is 7. The Morgan fingerprint density at radius 1 is 1.00 bits per heavy atom. The fraction of sp³-hybridized carbons (Fsp3) is 0.333. The van der Waals surface area contributed by atoms with Crippen LogP contribution in [0.25, 0.3) is 5.69 Å². The van der Waals surface area contributed by atoms with Crippen molar-refractivity contribution in [3.8, 4) is 5.69 Å². The molecule has 44 heavy (non-hydrogen) atoms. The Hall–Kier alpha value is -3.73. The van der Waals surface area contributed by atoms with E-state index in [-0.39, 0.29) is 27.3 Å². The summed E-state index contributed by atoms with van der Waals surface area (Å²) in [5.41, 5.74) is 4.35. The van der Waals surface area contributed by atoms with Gasteiger partial charge in [0.25, 0.3) is 0 Å². The normalized spacial score (nSPS) is 14.9. The van der Waals surface area contributed by atoms with Gasteiger partial charge in [0.15, 0.2) is 0 Å². The lowest BCUT2D eigenvalue weighted by molar-refractivity contribution is 0.262. The highest BCUT2D eigenvalue weighted by atomic mass is 35.5. The number of sulfonamides is 1. The number of anilines is 2. The van der Waals surface area contributed by atoms with E-state index in [9.17, 15) is 17.6 Å². The lowest BCUT2D eigenvalue weighted by atomic mass is 9.91. The Kier molecular flexibility index (Phi) is 9.15. The van der Waals surface area contributed by atoms with Gasteiger partial charge in [-0.15, -0.1) is 0 Å². The Balaban J connectivity index is 1.21. The van der Waals surface area contributed by atoms with Crippen LogP contribution in [-0.4, -0.2) is 41.6 Å². The predicted octanol–water partition coefficient (Wildman–Crippen LogP) is 7.56. The first-order chi connectivity index (χ1) is 20.8. The Bertz CT molecular complexity index is 1760. The predicted molar refractivity (Wildman–Crippen MR) is 173 cm³/mol. The molecule has 5 rings (SSSR count). The van der Waals surface area contributed by atoms with E-state index < -0.39 is 15.8 Å². The second-order valence-electron chi connectivity index (χ2n) is 12.3. The summed E-state index contributed by atoms with van der Waals surface area (Å²) in [5.74, 6) is 0.195. The van der Waals surface area contributed by atoms with Crippen LogP contribution in [0, 0.1) is 18.7 Å². The molecule has 0 bridgehead atoms. The van der Waals surface area contributed by atoms with Crippen LogP contribution >= 0.6 is 11.6 Å². The van der Waals surface area contributed by atoms with Gasteiger partial charge in [-0.3, -0.25) is 5.32 Å². The van der Waals surface area contributed by atoms with Gasteiger partial charge in [-0.05, 0) is 80.1 Å². The second kappa shape index (κ2) is 12.7. The first kappa shape index (κ1) is 31.7. The van der Waals surface area contributed by atoms with Gasteiger partial charge in [-0.25, -0.2) is 22.3 Å². The van der Waals surface area contributed by atoms with Crippen LogP contribution in [0.1, 0.15) is 50.4 Å². The topological polar surface area (TPSA) is 96.3 Å². The molecular formula is C33H37ClFN5O3S. The Labute approximate surface area is 263 Å². The average Bonchev–Trinajstić information content (AvgIpc) is 3.39. The number of benzene rings is 3. The Morgan fingerprint density at radius 2 is 1.70 bits per heavy atom. The molecule has 11 heteroatoms. The van der Waals surface area contributed by atoms with Gasteiger partial charge in [-0.1, -0.05) is 62.2 Å². The number of urea groups is 1. The Morgan fingerprint density at radius 3 is 2.36 bits per heavy atom. The largest absolute Gasteiger partial charge is 0.324 e. The van der Waals surface area contributed by atoms with E-state index in [4.69, 9.17) is 16.7 Å². The van der Waals surface area contributed by atoms with E-state index in [0.717, 1.165) is 41.1 Å². The van der Waals surface area contributed by atoms with Gasteiger partial charge >= 0.3 is 6.03 Å². The summed E-state index contributed by atoms with van der Waals surface area (Å²) in [6, 6.07) is 20.6. The van der Waals surface area contributed by atoms with Gasteiger partial charge in [-0.2, -0.15) is 9.40 Å². The third-order valence-electron chi connectivity index (χ3n) is 7.81. The molecule has 0 aliphatic carbocycles. The third kappa shape index (κ3) is 7.31. The summed E-state index contributed by atoms with van der Waals surface area (Å²) in [4.78, 5) is 13.1. The molecule has 232 valence electrons. The fourth-order valence-electron chi connectivity index (χ4n) is 5.25. The summed E-state index contributed by atoms with van der Waals surface area (Å²) in [6.07, 6.45) is 2.12. The molecule has 2 heterocycles. The molecule has 2 amide bonds. The highest BCUT2D eigenvalue weighted by Gasteiger charge is 2.30. The average molecular weight is 638 g/mol. The van der Waals surface area contributed by atoms with E-state index in [0.29, 0.717) is 37.4 Å². The zero-order valence-corrected chi connectivity index (χ0v) is 26.8. The summed E-state index contributed by atoms with van der Waals surface area (Å²) >= 11 is 5.82. The quantitative estimate of drug-likeness (QED) is 0.219. The number of nitrogens with one attached hydrogen (secondary N) is 2. The summed E-state index contributed by atoms with van der Waals surface area (Å²) in [5, 5.41) is 10.5. The van der Waals surface area contributed by atoms with E-state index >= 15 is 0 Å². The van der Waals surface area contributed by atoms with Crippen molar-refractivity contribution in [3.63, 3.8) is 0 Å². The van der Waals surface area contributed by atoms with E-state index in [1.54, 1.807) is 4.68 Å². The number of amides is 2. The van der Waals surface area contributed by atoms with Crippen LogP contribution in [-0.2, 0) is 21.9 Å². The molecule has 1 fully saturated rings. The number of nitrogens with zero attached hydrogens (tertiary/aromatic N) is 3. The molecule has 4 aromatic rings. The zero-order valence-electron chi connectivity index (χ0n) is 25.3. The van der Waals surface area contributed by atoms with Crippen molar-refractivity contribution in [1.29, 1.82) is 0 Å². The van der Waals surface area contributed by atoms with Crippen LogP contribution < -0.4 is 10.6 Å². The minimum Gasteiger partial charge on any atom is -0.308 e. The SMILES string of the molecule is Cc1ccc(-n2nc(C(C)(C)C)cc2NC(=O)Nc2cccc(CC3CCN(S(=O)(=O)c4ccc(F)c(Cl)c4)CC3)c2)cc1. The highest BCUT2D eigenvalue weighted by Crippen LogP contribution is 2.29. The first-order valence-electron chi connectivity index (χ1n) is 14.6. The van der Waals surface area contributed by atoms with Gasteiger partial charge < -0.3 is 5.32 Å². The number of carbonyl (C=O) groups excluding carboxylic acids is 1. The molecule has 0 atom stereocenters. The van der Waals surface area contributed by atoms with Gasteiger partial charge in [0.2, 0.25) is 10.0 Å². The monoisotopic (exact) mass is 637 g/mol. The fourth-order valence-corrected chi connectivity index (χ4v) is 6.99. The lowest BCUT2D eigenvalue weighted by Gasteiger charge is -2.31. The second-order valence-corrected chi connectivity index (χ2v) is 14.7. The van der Waals surface area contributed by atoms with Crippen LogP contribution in [0.5, 0.6) is 0 Å². The minimum absolute atomic E-state index is 0.00375. The van der Waals surface area contributed by atoms with Crippen LogP contribution in [0.15, 0.2) is 77.7 Å². The number of hydrogen-bond acceptors (Lipinski definition) is 4. The summed E-state index contributed by atoms with van der Waals surface area (Å²) in [6.45, 7) is 8.99. The number of hydrogen-bond donors (Lipinski definition) is 2. The van der Waals surface area contributed by atoms with Crippen molar-refractivity contribution in [2.45, 2.75) is 57.3 Å². The zero-order chi connectivity index (χ0) is 31.6. The molecule has 3 aromatic carbocycles. The maximum absolute atomic E-state index is 13.5. The van der Waals surface area contributed by atoms with E-state index in [1.165, 1.54) is 10.4 Å². The molecule has 0 spiro atoms. The van der Waals surface area contributed by atoms with Crippen molar-refractivity contribution in [2.24, 2.45) is 5.92 Å². The van der Waals surface area contributed by atoms with Crippen LogP contribution in [0.4, 0.5) is 20.7 Å². The third-order valence-corrected chi connectivity index (χ3v) is 9.99. The standard InChI is InChI=1S/C33H37ClFN5O3S/c1-22-8-10-26(11-9-22)40-31(21-30(38-40)33(2,3)4)37-32(41)36-25-7-5-6-24(19-25)18-23-14-16-39(17-15-23)44(42,43)27-12-13-29(35)28(34)20-27/h5-13,19-21,23H,14-18H2,1-4H3,(H2,36,37,41). The highest BCUT2D eigenvalue weighted by molar-refractivity contribution is 7.89.